The maximum Gasteiger partial charge on any atom is 0.217 e. The third-order valence-corrected chi connectivity index (χ3v) is 2.68. The Morgan fingerprint density at radius 3 is 2.27 bits per heavy atom. The van der Waals surface area contributed by atoms with Gasteiger partial charge < -0.3 is 45.7 Å². The van der Waals surface area contributed by atoms with Gasteiger partial charge in [-0.3, -0.25) is 4.79 Å². The van der Waals surface area contributed by atoms with Gasteiger partial charge in [0, 0.05) is 12.9 Å². The average Bonchev–Trinajstić information content (AvgIpc) is 2.42. The average molecular weight is 324 g/mol. The largest absolute Gasteiger partial charge is 0.550 e. The molecule has 5 atom stereocenters. The zero-order valence-electron chi connectivity index (χ0n) is 12.6. The van der Waals surface area contributed by atoms with Gasteiger partial charge in [0.05, 0.1) is 19.8 Å². The first-order chi connectivity index (χ1) is 10.2. The van der Waals surface area contributed by atoms with E-state index in [9.17, 15) is 15.0 Å². The van der Waals surface area contributed by atoms with Gasteiger partial charge in [0.15, 0.2) is 6.29 Å². The smallest absolute Gasteiger partial charge is 0.217 e. The van der Waals surface area contributed by atoms with Crippen molar-refractivity contribution >= 4 is 11.9 Å². The van der Waals surface area contributed by atoms with Crippen molar-refractivity contribution < 1.29 is 45.2 Å². The molecule has 1 fully saturated rings. The molecule has 22 heavy (non-hydrogen) atoms. The number of ether oxygens (including phenoxy) is 2. The lowest BCUT2D eigenvalue weighted by molar-refractivity contribution is -0.383. The number of quaternary nitrogens is 1. The van der Waals surface area contributed by atoms with Gasteiger partial charge >= 0.3 is 0 Å². The zero-order chi connectivity index (χ0) is 17.3. The summed E-state index contributed by atoms with van der Waals surface area (Å²) in [4.78, 5) is 19.9. The lowest BCUT2D eigenvalue weighted by atomic mass is 9.97. The molecular weight excluding hydrogens is 300 g/mol. The Labute approximate surface area is 127 Å². The first-order valence-electron chi connectivity index (χ1n) is 6.72. The van der Waals surface area contributed by atoms with Gasteiger partial charge in [0.1, 0.15) is 24.4 Å². The van der Waals surface area contributed by atoms with Gasteiger partial charge in [-0.1, -0.05) is 0 Å². The number of hydrogen-bond acceptors (Lipinski definition) is 8. The van der Waals surface area contributed by atoms with E-state index in [1.165, 1.54) is 6.92 Å². The van der Waals surface area contributed by atoms with Crippen LogP contribution in [0.15, 0.2) is 0 Å². The van der Waals surface area contributed by atoms with Gasteiger partial charge in [-0.2, -0.15) is 0 Å². The van der Waals surface area contributed by atoms with Gasteiger partial charge in [-0.15, -0.1) is 0 Å². The molecule has 0 aliphatic carbocycles. The Balaban J connectivity index is 0.000000980. The third kappa shape index (κ3) is 7.11. The van der Waals surface area contributed by atoms with Crippen LogP contribution in [0.5, 0.6) is 0 Å². The number of nitrogens with one attached hydrogen (secondary N) is 1. The van der Waals surface area contributed by atoms with Crippen LogP contribution < -0.4 is 16.2 Å². The van der Waals surface area contributed by atoms with Crippen molar-refractivity contribution in [3.8, 4) is 0 Å². The Kier molecular flexibility index (Phi) is 9.81. The third-order valence-electron chi connectivity index (χ3n) is 2.68. The van der Waals surface area contributed by atoms with Crippen LogP contribution >= 0.6 is 0 Å². The number of carbonyl (C=O) groups is 2. The monoisotopic (exact) mass is 324 g/mol. The molecule has 0 spiro atoms. The van der Waals surface area contributed by atoms with Crippen molar-refractivity contribution in [3.05, 3.63) is 0 Å². The number of carbonyl (C=O) groups excluding carboxylic acids is 2. The molecule has 0 saturated carbocycles. The molecule has 0 unspecified atom stereocenters. The second-order valence-electron chi connectivity index (χ2n) is 4.65. The number of amides is 1. The van der Waals surface area contributed by atoms with E-state index in [4.69, 9.17) is 24.5 Å². The number of aliphatic hydroxyl groups is 3. The second kappa shape index (κ2) is 10.4. The standard InChI is InChI=1S/C10H20N2O6.C2H4O2/c1-5(14)12-7-9(16)8(15)6(4-13)18-10(7)17-3-2-11;1-2(3)4/h6-10,13,15-16H,2-4,11H2,1H3,(H,12,14);1H3,(H,3,4)/t6-,7-,8-,9-,10-;/m1./s1. The molecule has 1 saturated heterocycles. The SMILES string of the molecule is CC(=O)N[C@H]1[C@H](OCC[NH3+])O[C@H](CO)[C@@H](O)[C@@H]1O.CC(=O)[O-]. The summed E-state index contributed by atoms with van der Waals surface area (Å²) in [5.41, 5.74) is 3.60. The first kappa shape index (κ1) is 20.7. The van der Waals surface area contributed by atoms with E-state index in [0.717, 1.165) is 6.92 Å². The van der Waals surface area contributed by atoms with Crippen molar-refractivity contribution in [3.63, 3.8) is 0 Å². The zero-order valence-corrected chi connectivity index (χ0v) is 12.6. The summed E-state index contributed by atoms with van der Waals surface area (Å²) in [5, 5.41) is 40.0. The fourth-order valence-electron chi connectivity index (χ4n) is 1.81. The number of hydrogen-bond donors (Lipinski definition) is 5. The molecule has 0 aromatic carbocycles. The normalized spacial score (nSPS) is 30.9. The van der Waals surface area contributed by atoms with Crippen molar-refractivity contribution in [2.45, 2.75) is 44.5 Å². The molecule has 10 heteroatoms. The number of carboxylic acids is 1. The minimum atomic E-state index is -1.29. The number of carboxylic acid groups (broad SMARTS) is 1. The van der Waals surface area contributed by atoms with Crippen molar-refractivity contribution in [1.29, 1.82) is 0 Å². The van der Waals surface area contributed by atoms with E-state index in [-0.39, 0.29) is 12.5 Å². The minimum Gasteiger partial charge on any atom is -0.550 e. The summed E-state index contributed by atoms with van der Waals surface area (Å²) in [6, 6.07) is -0.883. The maximum atomic E-state index is 11.1. The van der Waals surface area contributed by atoms with Crippen LogP contribution in [0, 0.1) is 0 Å². The van der Waals surface area contributed by atoms with Crippen molar-refractivity contribution in [1.82, 2.24) is 5.32 Å². The minimum absolute atomic E-state index is 0.279. The highest BCUT2D eigenvalue weighted by Crippen LogP contribution is 2.21. The molecule has 130 valence electrons. The number of aliphatic hydroxyl groups excluding tert-OH is 3. The van der Waals surface area contributed by atoms with Crippen LogP contribution in [-0.2, 0) is 19.1 Å². The van der Waals surface area contributed by atoms with Gasteiger partial charge in [0.25, 0.3) is 0 Å². The first-order valence-corrected chi connectivity index (χ1v) is 6.72. The van der Waals surface area contributed by atoms with Crippen LogP contribution in [-0.4, -0.2) is 77.6 Å². The van der Waals surface area contributed by atoms with Crippen LogP contribution in [0.25, 0.3) is 0 Å². The Morgan fingerprint density at radius 1 is 1.32 bits per heavy atom. The van der Waals surface area contributed by atoms with Gasteiger partial charge in [0.2, 0.25) is 5.91 Å². The highest BCUT2D eigenvalue weighted by Gasteiger charge is 2.45. The van der Waals surface area contributed by atoms with Crippen LogP contribution in [0.4, 0.5) is 0 Å². The van der Waals surface area contributed by atoms with Gasteiger partial charge in [-0.25, -0.2) is 0 Å². The lowest BCUT2D eigenvalue weighted by Gasteiger charge is -2.42. The lowest BCUT2D eigenvalue weighted by Crippen LogP contribution is -2.65. The van der Waals surface area contributed by atoms with E-state index >= 15 is 0 Å². The number of rotatable bonds is 5. The topological polar surface area (TPSA) is 176 Å². The molecule has 0 radical (unpaired) electrons. The van der Waals surface area contributed by atoms with Crippen LogP contribution in [0.3, 0.4) is 0 Å². The highest BCUT2D eigenvalue weighted by molar-refractivity contribution is 5.73. The van der Waals surface area contributed by atoms with Crippen molar-refractivity contribution in [2.24, 2.45) is 0 Å². The Morgan fingerprint density at radius 2 is 1.86 bits per heavy atom. The molecule has 0 aromatic rings. The maximum absolute atomic E-state index is 11.1. The molecule has 1 heterocycles. The summed E-state index contributed by atoms with van der Waals surface area (Å²) in [6.45, 7) is 2.59. The van der Waals surface area contributed by atoms with E-state index in [0.29, 0.717) is 6.54 Å². The van der Waals surface area contributed by atoms with E-state index < -0.39 is 43.2 Å². The quantitative estimate of drug-likeness (QED) is 0.333. The molecule has 7 N–H and O–H groups in total. The van der Waals surface area contributed by atoms with E-state index in [1.54, 1.807) is 0 Å². The summed E-state index contributed by atoms with van der Waals surface area (Å²) in [7, 11) is 0. The van der Waals surface area contributed by atoms with Gasteiger partial charge in [-0.05, 0) is 6.92 Å². The molecule has 0 aromatic heterocycles. The Bertz CT molecular complexity index is 350. The van der Waals surface area contributed by atoms with E-state index in [2.05, 4.69) is 11.1 Å². The fraction of sp³-hybridized carbons (Fsp3) is 0.833. The summed E-state index contributed by atoms with van der Waals surface area (Å²) < 4.78 is 10.6. The van der Waals surface area contributed by atoms with E-state index in [1.807, 2.05) is 0 Å². The van der Waals surface area contributed by atoms with Crippen LogP contribution in [0.1, 0.15) is 13.8 Å². The predicted octanol–water partition coefficient (Wildman–Crippen LogP) is -5.06. The molecule has 1 rings (SSSR count). The number of aliphatic carboxylic acids is 1. The highest BCUT2D eigenvalue weighted by atomic mass is 16.7. The molecule has 1 aliphatic rings. The molecule has 10 nitrogen and oxygen atoms in total. The summed E-state index contributed by atoms with van der Waals surface area (Å²) >= 11 is 0. The second-order valence-corrected chi connectivity index (χ2v) is 4.65. The van der Waals surface area contributed by atoms with Crippen molar-refractivity contribution in [2.75, 3.05) is 19.8 Å². The molecule has 1 amide bonds. The molecule has 1 aliphatic heterocycles. The summed E-state index contributed by atoms with van der Waals surface area (Å²) in [5.74, 6) is -1.46. The molecule has 0 bridgehead atoms. The van der Waals surface area contributed by atoms with Crippen LogP contribution in [0.2, 0.25) is 0 Å². The molecular formula is C12H24N2O8. The predicted molar refractivity (Wildman–Crippen MR) is 69.8 cm³/mol. The Hall–Kier alpha value is -1.30. The summed E-state index contributed by atoms with van der Waals surface area (Å²) in [6.07, 6.45) is -4.42. The fourth-order valence-corrected chi connectivity index (χ4v) is 1.81.